The number of aromatic nitrogens is 1. The number of hydrogen-bond donors (Lipinski definition) is 1. The van der Waals surface area contributed by atoms with E-state index in [1.807, 2.05) is 0 Å². The van der Waals surface area contributed by atoms with Gasteiger partial charge in [0.1, 0.15) is 40.0 Å². The van der Waals surface area contributed by atoms with E-state index in [0.717, 1.165) is 22.8 Å². The van der Waals surface area contributed by atoms with E-state index in [0.29, 0.717) is 0 Å². The van der Waals surface area contributed by atoms with Crippen molar-refractivity contribution in [3.8, 4) is 11.4 Å². The van der Waals surface area contributed by atoms with E-state index >= 15 is 0 Å². The average molecular weight is 497 g/mol. The Labute approximate surface area is 183 Å². The maximum Gasteiger partial charge on any atom is 0.405 e. The van der Waals surface area contributed by atoms with Crippen LogP contribution >= 0.6 is 15.9 Å². The Balaban J connectivity index is 1.95. The molecule has 1 unspecified atom stereocenters. The molecule has 0 aliphatic rings. The second-order valence-electron chi connectivity index (χ2n) is 6.47. The first kappa shape index (κ1) is 22.4. The third-order valence-corrected chi connectivity index (χ3v) is 5.06. The number of halogens is 4. The van der Waals surface area contributed by atoms with Crippen LogP contribution in [-0.2, 0) is 4.74 Å². The van der Waals surface area contributed by atoms with Gasteiger partial charge in [-0.2, -0.15) is 0 Å². The van der Waals surface area contributed by atoms with Gasteiger partial charge in [0.15, 0.2) is 6.10 Å². The van der Waals surface area contributed by atoms with Gasteiger partial charge in [-0.1, -0.05) is 18.2 Å². The largest absolute Gasteiger partial charge is 0.488 e. The van der Waals surface area contributed by atoms with Crippen molar-refractivity contribution in [2.75, 3.05) is 6.61 Å². The first-order chi connectivity index (χ1) is 14.7. The first-order valence-electron chi connectivity index (χ1n) is 8.90. The minimum atomic E-state index is -1.10. The molecule has 0 radical (unpaired) electrons. The van der Waals surface area contributed by atoms with E-state index < -0.39 is 40.9 Å². The molecule has 162 valence electrons. The number of nitrogens with two attached hydrogens (primary N) is 1. The summed E-state index contributed by atoms with van der Waals surface area (Å²) >= 11 is 3.08. The fraction of sp³-hybridized carbons (Fsp3) is 0.143. The van der Waals surface area contributed by atoms with Crippen molar-refractivity contribution in [3.05, 3.63) is 92.1 Å². The van der Waals surface area contributed by atoms with Crippen LogP contribution in [0.15, 0.2) is 57.8 Å². The molecule has 3 rings (SSSR count). The molecular weight excluding hydrogens is 481 g/mol. The Bertz CT molecular complexity index is 1180. The van der Waals surface area contributed by atoms with Gasteiger partial charge in [0.2, 0.25) is 0 Å². The Morgan fingerprint density at radius 3 is 2.39 bits per heavy atom. The van der Waals surface area contributed by atoms with E-state index in [9.17, 15) is 22.8 Å². The van der Waals surface area contributed by atoms with Gasteiger partial charge in [0.25, 0.3) is 5.56 Å². The lowest BCUT2D eigenvalue weighted by molar-refractivity contribution is 0.0707. The third kappa shape index (κ3) is 4.91. The minimum Gasteiger partial charge on any atom is -0.488 e. The summed E-state index contributed by atoms with van der Waals surface area (Å²) in [7, 11) is 0. The van der Waals surface area contributed by atoms with Crippen LogP contribution in [0.5, 0.6) is 5.75 Å². The number of carbonyl (C=O) groups excluding carboxylic acids is 1. The van der Waals surface area contributed by atoms with Crippen molar-refractivity contribution < 1.29 is 27.4 Å². The normalized spacial score (nSPS) is 11.8. The van der Waals surface area contributed by atoms with E-state index in [-0.39, 0.29) is 28.1 Å². The van der Waals surface area contributed by atoms with Gasteiger partial charge in [-0.15, -0.1) is 0 Å². The van der Waals surface area contributed by atoms with Crippen LogP contribution in [0.25, 0.3) is 5.69 Å². The molecule has 2 N–H and O–H groups in total. The summed E-state index contributed by atoms with van der Waals surface area (Å²) in [5, 5.41) is 0. The predicted octanol–water partition coefficient (Wildman–Crippen LogP) is 4.54. The number of pyridine rings is 1. The van der Waals surface area contributed by atoms with Crippen LogP contribution < -0.4 is 16.0 Å². The molecule has 1 amide bonds. The SMILES string of the molecule is Cc1cc(OCC(OC(N)=O)c2cccc(F)c2)c(Br)c(=O)n1-c1c(F)cccc1F. The Kier molecular flexibility index (Phi) is 6.69. The lowest BCUT2D eigenvalue weighted by atomic mass is 10.1. The van der Waals surface area contributed by atoms with Crippen LogP contribution in [0.3, 0.4) is 0 Å². The molecule has 0 fully saturated rings. The van der Waals surface area contributed by atoms with E-state index in [4.69, 9.17) is 15.2 Å². The molecule has 1 aromatic heterocycles. The highest BCUT2D eigenvalue weighted by atomic mass is 79.9. The lowest BCUT2D eigenvalue weighted by Crippen LogP contribution is -2.25. The van der Waals surface area contributed by atoms with Crippen molar-refractivity contribution >= 4 is 22.0 Å². The van der Waals surface area contributed by atoms with Crippen molar-refractivity contribution in [3.63, 3.8) is 0 Å². The molecule has 1 atom stereocenters. The molecule has 2 aromatic carbocycles. The molecule has 0 saturated heterocycles. The second-order valence-corrected chi connectivity index (χ2v) is 7.26. The summed E-state index contributed by atoms with van der Waals surface area (Å²) in [6.07, 6.45) is -2.16. The van der Waals surface area contributed by atoms with Gasteiger partial charge in [-0.25, -0.2) is 18.0 Å². The smallest absolute Gasteiger partial charge is 0.405 e. The quantitative estimate of drug-likeness (QED) is 0.542. The fourth-order valence-corrected chi connectivity index (χ4v) is 3.38. The minimum absolute atomic E-state index is 0.0324. The van der Waals surface area contributed by atoms with E-state index in [2.05, 4.69) is 15.9 Å². The summed E-state index contributed by atoms with van der Waals surface area (Å²) in [4.78, 5) is 24.0. The van der Waals surface area contributed by atoms with Crippen molar-refractivity contribution in [1.29, 1.82) is 0 Å². The molecule has 1 heterocycles. The summed E-state index contributed by atoms with van der Waals surface area (Å²) < 4.78 is 53.3. The summed E-state index contributed by atoms with van der Waals surface area (Å²) in [6, 6.07) is 9.94. The van der Waals surface area contributed by atoms with Crippen LogP contribution in [0.4, 0.5) is 18.0 Å². The zero-order valence-electron chi connectivity index (χ0n) is 16.1. The number of amides is 1. The molecule has 31 heavy (non-hydrogen) atoms. The van der Waals surface area contributed by atoms with Gasteiger partial charge in [0, 0.05) is 11.8 Å². The summed E-state index contributed by atoms with van der Waals surface area (Å²) in [6.45, 7) is 1.17. The molecular formula is C21H16BrF3N2O4. The Morgan fingerprint density at radius 1 is 1.13 bits per heavy atom. The zero-order chi connectivity index (χ0) is 22.7. The average Bonchev–Trinajstić information content (AvgIpc) is 2.70. The molecule has 0 aliphatic carbocycles. The van der Waals surface area contributed by atoms with Gasteiger partial charge in [-0.05, 0) is 52.7 Å². The molecule has 0 saturated carbocycles. The molecule has 0 spiro atoms. The summed E-state index contributed by atoms with van der Waals surface area (Å²) in [5.41, 5.74) is 4.27. The number of hydrogen-bond acceptors (Lipinski definition) is 4. The standard InChI is InChI=1S/C21H16BrF3N2O4/c1-11-8-16(18(22)20(28)27(11)19-14(24)6-3-7-15(19)25)30-10-17(31-21(26)29)12-4-2-5-13(23)9-12/h2-9,17H,10H2,1H3,(H2,26,29). The zero-order valence-corrected chi connectivity index (χ0v) is 17.7. The van der Waals surface area contributed by atoms with Crippen molar-refractivity contribution in [2.24, 2.45) is 5.73 Å². The van der Waals surface area contributed by atoms with Gasteiger partial charge in [0.05, 0.1) is 0 Å². The van der Waals surface area contributed by atoms with Crippen LogP contribution in [0.1, 0.15) is 17.4 Å². The van der Waals surface area contributed by atoms with Gasteiger partial charge < -0.3 is 15.2 Å². The monoisotopic (exact) mass is 496 g/mol. The van der Waals surface area contributed by atoms with Gasteiger partial charge in [-0.3, -0.25) is 9.36 Å². The number of carbonyl (C=O) groups is 1. The highest BCUT2D eigenvalue weighted by Gasteiger charge is 2.21. The fourth-order valence-electron chi connectivity index (χ4n) is 2.98. The van der Waals surface area contributed by atoms with Gasteiger partial charge >= 0.3 is 6.09 Å². The van der Waals surface area contributed by atoms with Crippen LogP contribution in [0.2, 0.25) is 0 Å². The molecule has 10 heteroatoms. The molecule has 3 aromatic rings. The third-order valence-electron chi connectivity index (χ3n) is 4.33. The molecule has 0 bridgehead atoms. The predicted molar refractivity (Wildman–Crippen MR) is 110 cm³/mol. The number of benzene rings is 2. The highest BCUT2D eigenvalue weighted by molar-refractivity contribution is 9.10. The summed E-state index contributed by atoms with van der Waals surface area (Å²) in [5.74, 6) is -2.34. The lowest BCUT2D eigenvalue weighted by Gasteiger charge is -2.20. The van der Waals surface area contributed by atoms with Crippen molar-refractivity contribution in [2.45, 2.75) is 13.0 Å². The first-order valence-corrected chi connectivity index (χ1v) is 9.69. The topological polar surface area (TPSA) is 83.6 Å². The second kappa shape index (κ2) is 9.25. The number of nitrogens with zero attached hydrogens (tertiary/aromatic N) is 1. The Hall–Kier alpha value is -3.27. The van der Waals surface area contributed by atoms with E-state index in [1.165, 1.54) is 37.3 Å². The maximum absolute atomic E-state index is 14.2. The highest BCUT2D eigenvalue weighted by Crippen LogP contribution is 2.28. The maximum atomic E-state index is 14.2. The number of ether oxygens (including phenoxy) is 2. The van der Waals surface area contributed by atoms with Crippen LogP contribution in [-0.4, -0.2) is 17.3 Å². The number of para-hydroxylation sites is 1. The molecule has 6 nitrogen and oxygen atoms in total. The Morgan fingerprint density at radius 2 is 1.77 bits per heavy atom. The van der Waals surface area contributed by atoms with Crippen LogP contribution in [0, 0.1) is 24.4 Å². The number of aryl methyl sites for hydroxylation is 1. The van der Waals surface area contributed by atoms with E-state index in [1.54, 1.807) is 0 Å². The molecule has 0 aliphatic heterocycles. The number of rotatable bonds is 6. The number of primary amides is 1. The van der Waals surface area contributed by atoms with Crippen molar-refractivity contribution in [1.82, 2.24) is 4.57 Å².